The van der Waals surface area contributed by atoms with Gasteiger partial charge in [-0.1, -0.05) is 41.4 Å². The van der Waals surface area contributed by atoms with Crippen molar-refractivity contribution in [3.05, 3.63) is 51.4 Å². The second kappa shape index (κ2) is 6.96. The maximum Gasteiger partial charge on any atom is 0.239 e. The topological polar surface area (TPSA) is 94.0 Å². The maximum absolute atomic E-state index is 10.8. The number of fused-ring (bicyclic) bond motifs is 1. The number of nitrogens with two attached hydrogens (primary N) is 1. The van der Waals surface area contributed by atoms with Crippen LogP contribution in [0.4, 0.5) is 5.69 Å². The van der Waals surface area contributed by atoms with Crippen molar-refractivity contribution in [3.63, 3.8) is 0 Å². The van der Waals surface area contributed by atoms with E-state index < -0.39 is 33.1 Å². The second-order valence-corrected chi connectivity index (χ2v) is 5.52. The van der Waals surface area contributed by atoms with Crippen LogP contribution in [-0.2, 0) is 16.0 Å². The zero-order valence-electron chi connectivity index (χ0n) is 11.4. The Bertz CT molecular complexity index is 608. The Morgan fingerprint density at radius 1 is 1.09 bits per heavy atom. The number of hydrogen-bond acceptors (Lipinski definition) is 4. The number of aliphatic hydroxyl groups is 1. The number of rotatable bonds is 0. The summed E-state index contributed by atoms with van der Waals surface area (Å²) in [5, 5.41) is 20.3. The fraction of sp³-hybridized carbons (Fsp3) is 0.200. The lowest BCUT2D eigenvalue weighted by atomic mass is 10.0. The van der Waals surface area contributed by atoms with Crippen molar-refractivity contribution in [2.45, 2.75) is 12.8 Å². The van der Waals surface area contributed by atoms with E-state index in [1.54, 1.807) is 0 Å². The quantitative estimate of drug-likeness (QED) is 0.538. The van der Waals surface area contributed by atoms with Crippen LogP contribution >= 0.6 is 23.2 Å². The van der Waals surface area contributed by atoms with E-state index in [1.165, 1.54) is 30.6 Å². The van der Waals surface area contributed by atoms with Gasteiger partial charge in [-0.25, -0.2) is 0 Å². The van der Waals surface area contributed by atoms with Crippen molar-refractivity contribution in [1.29, 1.82) is 0 Å². The zero-order chi connectivity index (χ0) is 16.3. The van der Waals surface area contributed by atoms with Gasteiger partial charge in [0.15, 0.2) is 11.5 Å². The molecule has 0 spiro atoms. The molecule has 0 radical (unpaired) electrons. The van der Waals surface area contributed by atoms with Gasteiger partial charge in [0.2, 0.25) is 5.78 Å². The number of carbonyl (C=O) groups excluding carboxylic acids is 2. The largest absolute Gasteiger partial charge is 0.869 e. The van der Waals surface area contributed by atoms with E-state index in [0.29, 0.717) is 0 Å². The number of allylic oxidation sites excluding steroid dienone is 2. The summed E-state index contributed by atoms with van der Waals surface area (Å²) >= 11 is 10.3. The third-order valence-corrected chi connectivity index (χ3v) is 3.99. The number of benzene rings is 1. The monoisotopic (exact) mass is 341 g/mol. The van der Waals surface area contributed by atoms with Crippen LogP contribution in [0.3, 0.4) is 0 Å². The SMILES string of the molecule is O=C1C(O)=C(Cl)C(=O)C([O-])=C1Cl.c1ccc2c(c1)CCC[NH2+]2. The van der Waals surface area contributed by atoms with Crippen molar-refractivity contribution in [2.75, 3.05) is 6.54 Å². The van der Waals surface area contributed by atoms with Crippen LogP contribution in [0.15, 0.2) is 45.8 Å². The molecular formula is C15H13Cl2NO4. The second-order valence-electron chi connectivity index (χ2n) is 4.76. The molecule has 0 saturated heterocycles. The molecule has 116 valence electrons. The Labute approximate surface area is 136 Å². The fourth-order valence-corrected chi connectivity index (χ4v) is 2.47. The van der Waals surface area contributed by atoms with E-state index >= 15 is 0 Å². The van der Waals surface area contributed by atoms with Crippen molar-refractivity contribution in [1.82, 2.24) is 0 Å². The Morgan fingerprint density at radius 2 is 1.77 bits per heavy atom. The number of hydrogen-bond donors (Lipinski definition) is 2. The first-order valence-electron chi connectivity index (χ1n) is 6.59. The normalized spacial score (nSPS) is 17.9. The van der Waals surface area contributed by atoms with Gasteiger partial charge in [0.05, 0.1) is 11.6 Å². The van der Waals surface area contributed by atoms with Gasteiger partial charge in [-0.15, -0.1) is 0 Å². The minimum atomic E-state index is -1.19. The summed E-state index contributed by atoms with van der Waals surface area (Å²) in [6.07, 6.45) is 2.60. The van der Waals surface area contributed by atoms with Crippen LogP contribution in [0, 0.1) is 0 Å². The van der Waals surface area contributed by atoms with Gasteiger partial charge >= 0.3 is 0 Å². The molecule has 1 aliphatic heterocycles. The number of ketones is 2. The van der Waals surface area contributed by atoms with Crippen LogP contribution in [0.5, 0.6) is 0 Å². The molecule has 0 saturated carbocycles. The third kappa shape index (κ3) is 3.32. The van der Waals surface area contributed by atoms with E-state index in [9.17, 15) is 14.7 Å². The molecule has 1 aromatic rings. The van der Waals surface area contributed by atoms with Crippen molar-refractivity contribution >= 4 is 40.5 Å². The summed E-state index contributed by atoms with van der Waals surface area (Å²) in [4.78, 5) is 21.5. The number of carbonyl (C=O) groups is 2. The average molecular weight is 342 g/mol. The van der Waals surface area contributed by atoms with Crippen LogP contribution in [0.2, 0.25) is 0 Å². The van der Waals surface area contributed by atoms with Gasteiger partial charge in [-0.3, -0.25) is 9.59 Å². The lowest BCUT2D eigenvalue weighted by Crippen LogP contribution is -2.79. The van der Waals surface area contributed by atoms with E-state index in [4.69, 9.17) is 28.3 Å². The summed E-state index contributed by atoms with van der Waals surface area (Å²) in [6.45, 7) is 1.26. The molecule has 0 amide bonds. The average Bonchev–Trinajstić information content (AvgIpc) is 2.57. The maximum atomic E-state index is 10.8. The summed E-state index contributed by atoms with van der Waals surface area (Å²) in [7, 11) is 0. The van der Waals surface area contributed by atoms with Gasteiger partial charge in [-0.05, 0) is 18.2 Å². The van der Waals surface area contributed by atoms with Crippen molar-refractivity contribution in [2.24, 2.45) is 0 Å². The minimum Gasteiger partial charge on any atom is -0.869 e. The fourth-order valence-electron chi connectivity index (χ4n) is 2.12. The summed E-state index contributed by atoms with van der Waals surface area (Å²) < 4.78 is 0. The Hall–Kier alpha value is -1.82. The highest BCUT2D eigenvalue weighted by molar-refractivity contribution is 6.55. The number of Topliss-reactive ketones (excluding diaryl/α,β-unsaturated/α-hetero) is 2. The van der Waals surface area contributed by atoms with E-state index in [0.717, 1.165) is 0 Å². The Kier molecular flexibility index (Phi) is 5.24. The van der Waals surface area contributed by atoms with E-state index in [1.807, 2.05) is 0 Å². The number of aliphatic hydroxyl groups excluding tert-OH is 1. The van der Waals surface area contributed by atoms with E-state index in [-0.39, 0.29) is 0 Å². The van der Waals surface area contributed by atoms with Gasteiger partial charge < -0.3 is 15.5 Å². The molecule has 0 bridgehead atoms. The predicted octanol–water partition coefficient (Wildman–Crippen LogP) is 0.785. The molecule has 0 aromatic heterocycles. The van der Waals surface area contributed by atoms with Gasteiger partial charge in [0.25, 0.3) is 0 Å². The van der Waals surface area contributed by atoms with Gasteiger partial charge in [0, 0.05) is 12.0 Å². The molecule has 2 aliphatic rings. The first kappa shape index (κ1) is 16.5. The molecule has 1 aliphatic carbocycles. The first-order valence-corrected chi connectivity index (χ1v) is 7.35. The summed E-state index contributed by atoms with van der Waals surface area (Å²) in [6, 6.07) is 8.66. The molecule has 5 nitrogen and oxygen atoms in total. The predicted molar refractivity (Wildman–Crippen MR) is 79.6 cm³/mol. The molecule has 1 aromatic carbocycles. The van der Waals surface area contributed by atoms with E-state index in [2.05, 4.69) is 29.6 Å². The molecule has 0 fully saturated rings. The van der Waals surface area contributed by atoms with Crippen molar-refractivity contribution in [3.8, 4) is 0 Å². The number of halogens is 2. The molecule has 3 N–H and O–H groups in total. The third-order valence-electron chi connectivity index (χ3n) is 3.30. The zero-order valence-corrected chi connectivity index (χ0v) is 12.9. The number of aryl methyl sites for hydroxylation is 1. The molecule has 1 heterocycles. The Balaban J connectivity index is 0.000000162. The smallest absolute Gasteiger partial charge is 0.239 e. The van der Waals surface area contributed by atoms with Gasteiger partial charge in [-0.2, -0.15) is 0 Å². The highest BCUT2D eigenvalue weighted by atomic mass is 35.5. The highest BCUT2D eigenvalue weighted by Gasteiger charge is 2.28. The number of quaternary nitrogens is 1. The lowest BCUT2D eigenvalue weighted by molar-refractivity contribution is -0.575. The molecule has 7 heteroatoms. The molecule has 0 atom stereocenters. The first-order chi connectivity index (χ1) is 10.4. The van der Waals surface area contributed by atoms with Crippen LogP contribution in [0.25, 0.3) is 0 Å². The standard InChI is InChI=1S/C9H11N.C6H2Cl2O4/c1-2-6-9-8(4-1)5-3-7-10-9;7-1-3(9)5(11)2(8)6(12)4(1)10/h1-2,4,6,10H,3,5,7H2;9,12H. The van der Waals surface area contributed by atoms with Crippen LogP contribution in [0.1, 0.15) is 12.0 Å². The van der Waals surface area contributed by atoms with Crippen LogP contribution in [-0.4, -0.2) is 23.2 Å². The molecule has 0 unspecified atom stereocenters. The molecule has 3 rings (SSSR count). The lowest BCUT2D eigenvalue weighted by Gasteiger charge is -2.17. The molecular weight excluding hydrogens is 329 g/mol. The van der Waals surface area contributed by atoms with Crippen LogP contribution < -0.4 is 10.4 Å². The Morgan fingerprint density at radius 3 is 2.45 bits per heavy atom. The molecule has 22 heavy (non-hydrogen) atoms. The van der Waals surface area contributed by atoms with Crippen molar-refractivity contribution < 1.29 is 25.1 Å². The van der Waals surface area contributed by atoms with Gasteiger partial charge in [0.1, 0.15) is 10.7 Å². The minimum absolute atomic E-state index is 0.783. The summed E-state index contributed by atoms with van der Waals surface area (Å²) in [5.74, 6) is -4.46. The number of para-hydroxylation sites is 1. The summed E-state index contributed by atoms with van der Waals surface area (Å²) in [5.41, 5.74) is 2.97. The highest BCUT2D eigenvalue weighted by Crippen LogP contribution is 2.24.